The molecule has 1 aliphatic rings. The van der Waals surface area contributed by atoms with E-state index in [1.807, 2.05) is 20.8 Å². The summed E-state index contributed by atoms with van der Waals surface area (Å²) in [5.74, 6) is 1.36. The summed E-state index contributed by atoms with van der Waals surface area (Å²) in [6.07, 6.45) is 2.39. The zero-order valence-corrected chi connectivity index (χ0v) is 10.9. The minimum Gasteiger partial charge on any atom is -0.477 e. The first-order valence-corrected chi connectivity index (χ1v) is 6.32. The Morgan fingerprint density at radius 1 is 1.28 bits per heavy atom. The third kappa shape index (κ3) is 1.77. The zero-order chi connectivity index (χ0) is 12.7. The van der Waals surface area contributed by atoms with Gasteiger partial charge in [-0.25, -0.2) is 0 Å². The molecule has 18 heavy (non-hydrogen) atoms. The third-order valence-electron chi connectivity index (χ3n) is 3.24. The van der Waals surface area contributed by atoms with Crippen LogP contribution in [0.4, 0.5) is 5.95 Å². The average Bonchev–Trinajstić information content (AvgIpc) is 3.08. The van der Waals surface area contributed by atoms with Crippen molar-refractivity contribution in [1.29, 1.82) is 0 Å². The molecule has 6 heteroatoms. The topological polar surface area (TPSA) is 64.3 Å². The Kier molecular flexibility index (Phi) is 2.57. The van der Waals surface area contributed by atoms with Crippen LogP contribution in [0.2, 0.25) is 0 Å². The Morgan fingerprint density at radius 3 is 2.72 bits per heavy atom. The molecule has 0 spiro atoms. The van der Waals surface area contributed by atoms with Gasteiger partial charge in [0.1, 0.15) is 0 Å². The van der Waals surface area contributed by atoms with Crippen molar-refractivity contribution in [3.63, 3.8) is 0 Å². The van der Waals surface area contributed by atoms with Crippen LogP contribution in [0.15, 0.2) is 0 Å². The second-order valence-corrected chi connectivity index (χ2v) is 4.67. The van der Waals surface area contributed by atoms with Crippen LogP contribution in [0.1, 0.15) is 30.9 Å². The molecule has 1 fully saturated rings. The number of rotatable bonds is 4. The van der Waals surface area contributed by atoms with Gasteiger partial charge in [0.2, 0.25) is 11.8 Å². The number of nitrogens with zero attached hydrogens (tertiary/aromatic N) is 4. The molecule has 0 radical (unpaired) electrons. The second-order valence-electron chi connectivity index (χ2n) is 4.67. The summed E-state index contributed by atoms with van der Waals surface area (Å²) < 4.78 is 7.30. The highest BCUT2D eigenvalue weighted by Crippen LogP contribution is 2.26. The lowest BCUT2D eigenvalue weighted by Gasteiger charge is -2.10. The summed E-state index contributed by atoms with van der Waals surface area (Å²) >= 11 is 0. The lowest BCUT2D eigenvalue weighted by Crippen LogP contribution is -2.09. The Morgan fingerprint density at radius 2 is 2.06 bits per heavy atom. The van der Waals surface area contributed by atoms with E-state index in [-0.39, 0.29) is 0 Å². The standard InChI is InChI=1S/C12H17N5O/c1-4-18-11-8(3)7(2)10-14-15-12(17(10)16-11)13-9-5-6-9/h9H,4-6H2,1-3H3,(H,13,15). The second kappa shape index (κ2) is 4.12. The van der Waals surface area contributed by atoms with Crippen molar-refractivity contribution >= 4 is 11.6 Å². The Bertz CT molecular complexity index is 588. The number of aromatic nitrogens is 4. The first-order chi connectivity index (χ1) is 8.70. The smallest absolute Gasteiger partial charge is 0.246 e. The van der Waals surface area contributed by atoms with Gasteiger partial charge in [-0.15, -0.1) is 15.3 Å². The number of fused-ring (bicyclic) bond motifs is 1. The van der Waals surface area contributed by atoms with Crippen molar-refractivity contribution in [3.8, 4) is 5.88 Å². The Balaban J connectivity index is 2.10. The molecule has 1 aliphatic carbocycles. The monoisotopic (exact) mass is 247 g/mol. The largest absolute Gasteiger partial charge is 0.477 e. The molecule has 0 unspecified atom stereocenters. The Hall–Kier alpha value is -1.85. The summed E-state index contributed by atoms with van der Waals surface area (Å²) in [5.41, 5.74) is 2.87. The number of hydrogen-bond acceptors (Lipinski definition) is 5. The van der Waals surface area contributed by atoms with Crippen molar-refractivity contribution in [1.82, 2.24) is 19.8 Å². The van der Waals surface area contributed by atoms with E-state index in [1.54, 1.807) is 4.52 Å². The number of ether oxygens (including phenoxy) is 1. The predicted octanol–water partition coefficient (Wildman–Crippen LogP) is 1.71. The molecule has 0 saturated heterocycles. The van der Waals surface area contributed by atoms with E-state index in [0.717, 1.165) is 16.8 Å². The molecule has 2 heterocycles. The fraction of sp³-hybridized carbons (Fsp3) is 0.583. The van der Waals surface area contributed by atoms with E-state index in [2.05, 4.69) is 20.6 Å². The normalized spacial score (nSPS) is 15.1. The number of nitrogens with one attached hydrogen (secondary N) is 1. The van der Waals surface area contributed by atoms with Crippen molar-refractivity contribution in [2.75, 3.05) is 11.9 Å². The quantitative estimate of drug-likeness (QED) is 0.891. The summed E-state index contributed by atoms with van der Waals surface area (Å²) in [6, 6.07) is 0.524. The summed E-state index contributed by atoms with van der Waals surface area (Å²) in [6.45, 7) is 6.57. The van der Waals surface area contributed by atoms with Gasteiger partial charge in [-0.3, -0.25) is 0 Å². The first-order valence-electron chi connectivity index (χ1n) is 6.32. The fourth-order valence-corrected chi connectivity index (χ4v) is 1.88. The molecular formula is C12H17N5O. The van der Waals surface area contributed by atoms with E-state index in [4.69, 9.17) is 4.74 Å². The molecule has 1 saturated carbocycles. The molecule has 3 rings (SSSR count). The maximum atomic E-state index is 5.56. The Labute approximate surface area is 105 Å². The molecule has 0 aliphatic heterocycles. The average molecular weight is 247 g/mol. The van der Waals surface area contributed by atoms with Crippen LogP contribution in [0, 0.1) is 13.8 Å². The minimum absolute atomic E-state index is 0.524. The molecule has 0 aromatic carbocycles. The predicted molar refractivity (Wildman–Crippen MR) is 68.1 cm³/mol. The van der Waals surface area contributed by atoms with Gasteiger partial charge in [-0.1, -0.05) is 0 Å². The van der Waals surface area contributed by atoms with Crippen molar-refractivity contribution in [2.45, 2.75) is 39.7 Å². The maximum Gasteiger partial charge on any atom is 0.246 e. The van der Waals surface area contributed by atoms with E-state index < -0.39 is 0 Å². The minimum atomic E-state index is 0.524. The van der Waals surface area contributed by atoms with E-state index in [9.17, 15) is 0 Å². The third-order valence-corrected chi connectivity index (χ3v) is 3.24. The summed E-state index contributed by atoms with van der Waals surface area (Å²) in [5, 5.41) is 16.2. The van der Waals surface area contributed by atoms with Gasteiger partial charge in [-0.2, -0.15) is 4.52 Å². The zero-order valence-electron chi connectivity index (χ0n) is 10.9. The van der Waals surface area contributed by atoms with Crippen LogP contribution >= 0.6 is 0 Å². The van der Waals surface area contributed by atoms with Crippen LogP contribution in [0.3, 0.4) is 0 Å². The maximum absolute atomic E-state index is 5.56. The molecule has 2 aromatic heterocycles. The summed E-state index contributed by atoms with van der Waals surface area (Å²) in [4.78, 5) is 0. The first kappa shape index (κ1) is 11.3. The molecule has 96 valence electrons. The molecule has 2 aromatic rings. The van der Waals surface area contributed by atoms with Crippen molar-refractivity contribution in [3.05, 3.63) is 11.1 Å². The van der Waals surface area contributed by atoms with Gasteiger partial charge in [0.25, 0.3) is 0 Å². The molecule has 0 amide bonds. The van der Waals surface area contributed by atoms with E-state index >= 15 is 0 Å². The number of hydrogen-bond donors (Lipinski definition) is 1. The van der Waals surface area contributed by atoms with E-state index in [0.29, 0.717) is 24.5 Å². The number of anilines is 1. The molecule has 6 nitrogen and oxygen atoms in total. The van der Waals surface area contributed by atoms with Crippen LogP contribution in [0.5, 0.6) is 5.88 Å². The van der Waals surface area contributed by atoms with Gasteiger partial charge in [0.05, 0.1) is 6.61 Å². The SMILES string of the molecule is CCOc1nn2c(NC3CC3)nnc2c(C)c1C. The van der Waals surface area contributed by atoms with Gasteiger partial charge in [0, 0.05) is 17.2 Å². The highest BCUT2D eigenvalue weighted by molar-refractivity contribution is 5.55. The summed E-state index contributed by atoms with van der Waals surface area (Å²) in [7, 11) is 0. The lowest BCUT2D eigenvalue weighted by molar-refractivity contribution is 0.318. The fourth-order valence-electron chi connectivity index (χ4n) is 1.88. The van der Waals surface area contributed by atoms with Gasteiger partial charge in [0.15, 0.2) is 5.65 Å². The van der Waals surface area contributed by atoms with Gasteiger partial charge in [-0.05, 0) is 33.6 Å². The van der Waals surface area contributed by atoms with Crippen molar-refractivity contribution < 1.29 is 4.74 Å². The molecular weight excluding hydrogens is 230 g/mol. The van der Waals surface area contributed by atoms with Gasteiger partial charge >= 0.3 is 0 Å². The van der Waals surface area contributed by atoms with Crippen LogP contribution in [-0.2, 0) is 0 Å². The van der Waals surface area contributed by atoms with Crippen LogP contribution in [0.25, 0.3) is 5.65 Å². The highest BCUT2D eigenvalue weighted by atomic mass is 16.5. The van der Waals surface area contributed by atoms with E-state index in [1.165, 1.54) is 12.8 Å². The van der Waals surface area contributed by atoms with Crippen molar-refractivity contribution in [2.24, 2.45) is 0 Å². The highest BCUT2D eigenvalue weighted by Gasteiger charge is 2.24. The molecule has 0 bridgehead atoms. The lowest BCUT2D eigenvalue weighted by atomic mass is 10.2. The number of aryl methyl sites for hydroxylation is 1. The van der Waals surface area contributed by atoms with Crippen LogP contribution < -0.4 is 10.1 Å². The molecule has 0 atom stereocenters. The van der Waals surface area contributed by atoms with Gasteiger partial charge < -0.3 is 10.1 Å². The van der Waals surface area contributed by atoms with Crippen LogP contribution in [-0.4, -0.2) is 32.5 Å². The molecule has 1 N–H and O–H groups in total.